The number of nitrogens with zero attached hydrogens (tertiary/aromatic N) is 2. The molecule has 3 heterocycles. The van der Waals surface area contributed by atoms with Crippen LogP contribution >= 0.6 is 11.8 Å². The molecule has 0 radical (unpaired) electrons. The monoisotopic (exact) mass is 394 g/mol. The number of primary amides is 1. The summed E-state index contributed by atoms with van der Waals surface area (Å²) in [6.07, 6.45) is 6.22. The number of thioether (sulfide) groups is 1. The van der Waals surface area contributed by atoms with Crippen molar-refractivity contribution in [3.05, 3.63) is 18.2 Å². The van der Waals surface area contributed by atoms with E-state index < -0.39 is 35.2 Å². The third kappa shape index (κ3) is 3.92. The average molecular weight is 394 g/mol. The number of hydrogen-bond donors (Lipinski definition) is 4. The maximum Gasteiger partial charge on any atom is 0.246 e. The van der Waals surface area contributed by atoms with Crippen molar-refractivity contribution in [2.75, 3.05) is 12.8 Å². The van der Waals surface area contributed by atoms with Gasteiger partial charge in [-0.25, -0.2) is 4.98 Å². The van der Waals surface area contributed by atoms with Gasteiger partial charge in [-0.15, -0.1) is 11.8 Å². The van der Waals surface area contributed by atoms with E-state index in [1.807, 2.05) is 0 Å². The molecule has 4 atom stereocenters. The maximum atomic E-state index is 13.0. The van der Waals surface area contributed by atoms with Crippen LogP contribution in [0.1, 0.15) is 18.5 Å². The molecule has 0 unspecified atom stereocenters. The van der Waals surface area contributed by atoms with Crippen LogP contribution in [0.3, 0.4) is 0 Å². The number of carbonyl (C=O) groups is 4. The topological polar surface area (TPSA) is 150 Å². The molecule has 10 nitrogen and oxygen atoms in total. The van der Waals surface area contributed by atoms with Crippen LogP contribution in [-0.4, -0.2) is 74.7 Å². The van der Waals surface area contributed by atoms with E-state index in [0.717, 1.165) is 0 Å². The molecular formula is C16H22N6O4S. The zero-order valence-corrected chi connectivity index (χ0v) is 15.6. The highest BCUT2D eigenvalue weighted by Gasteiger charge is 2.45. The first-order valence-electron chi connectivity index (χ1n) is 8.63. The molecule has 146 valence electrons. The summed E-state index contributed by atoms with van der Waals surface area (Å²) >= 11 is 1.28. The Balaban J connectivity index is 1.74. The van der Waals surface area contributed by atoms with Gasteiger partial charge in [0.05, 0.1) is 12.0 Å². The van der Waals surface area contributed by atoms with E-state index in [0.29, 0.717) is 25.1 Å². The summed E-state index contributed by atoms with van der Waals surface area (Å²) in [4.78, 5) is 57.1. The zero-order valence-electron chi connectivity index (χ0n) is 14.8. The minimum atomic E-state index is -0.902. The molecule has 11 heteroatoms. The molecule has 0 aromatic carbocycles. The molecule has 27 heavy (non-hydrogen) atoms. The molecule has 2 fully saturated rings. The van der Waals surface area contributed by atoms with Crippen molar-refractivity contribution in [1.29, 1.82) is 0 Å². The summed E-state index contributed by atoms with van der Waals surface area (Å²) in [5.41, 5.74) is 6.01. The number of β-lactam (4-membered cyclic amide) rings is 1. The lowest BCUT2D eigenvalue weighted by Gasteiger charge is -2.35. The first-order valence-corrected chi connectivity index (χ1v) is 9.92. The van der Waals surface area contributed by atoms with Crippen molar-refractivity contribution in [3.63, 3.8) is 0 Å². The van der Waals surface area contributed by atoms with Crippen molar-refractivity contribution in [1.82, 2.24) is 25.5 Å². The number of likely N-dealkylation sites (tertiary alicyclic amines) is 1. The minimum absolute atomic E-state index is 0.167. The van der Waals surface area contributed by atoms with Gasteiger partial charge >= 0.3 is 0 Å². The minimum Gasteiger partial charge on any atom is -0.368 e. The maximum absolute atomic E-state index is 13.0. The number of H-pyrrole nitrogens is 1. The van der Waals surface area contributed by atoms with E-state index in [4.69, 9.17) is 5.73 Å². The van der Waals surface area contributed by atoms with E-state index in [-0.39, 0.29) is 18.2 Å². The van der Waals surface area contributed by atoms with Crippen LogP contribution in [0.5, 0.6) is 0 Å². The van der Waals surface area contributed by atoms with Crippen LogP contribution in [0, 0.1) is 0 Å². The summed E-state index contributed by atoms with van der Waals surface area (Å²) in [5, 5.41) is 4.79. The number of amides is 4. The Hall–Kier alpha value is -2.56. The van der Waals surface area contributed by atoms with Gasteiger partial charge in [-0.2, -0.15) is 0 Å². The highest BCUT2D eigenvalue weighted by Crippen LogP contribution is 2.22. The Morgan fingerprint density at radius 2 is 2.26 bits per heavy atom. The quantitative estimate of drug-likeness (QED) is 0.398. The van der Waals surface area contributed by atoms with E-state index in [2.05, 4.69) is 20.6 Å². The van der Waals surface area contributed by atoms with E-state index in [1.165, 1.54) is 23.0 Å². The number of aromatic amines is 1. The predicted octanol–water partition coefficient (Wildman–Crippen LogP) is -1.86. The van der Waals surface area contributed by atoms with E-state index in [9.17, 15) is 19.2 Å². The Morgan fingerprint density at radius 1 is 1.48 bits per heavy atom. The summed E-state index contributed by atoms with van der Waals surface area (Å²) < 4.78 is 0. The normalized spacial score (nSPS) is 25.4. The van der Waals surface area contributed by atoms with Crippen molar-refractivity contribution in [2.45, 2.75) is 42.6 Å². The molecule has 0 saturated carbocycles. The highest BCUT2D eigenvalue weighted by molar-refractivity contribution is 8.00. The Kier molecular flexibility index (Phi) is 5.68. The number of imidazole rings is 1. The summed E-state index contributed by atoms with van der Waals surface area (Å²) in [7, 11) is 0. The first-order chi connectivity index (χ1) is 12.9. The van der Waals surface area contributed by atoms with Crippen LogP contribution in [0.4, 0.5) is 0 Å². The van der Waals surface area contributed by atoms with E-state index >= 15 is 0 Å². The second kappa shape index (κ2) is 7.99. The number of nitrogens with one attached hydrogen (secondary N) is 3. The van der Waals surface area contributed by atoms with Crippen LogP contribution < -0.4 is 16.4 Å². The molecule has 1 aromatic heterocycles. The SMILES string of the molecule is CS[C@H]1C(=O)N[C@@H]1C(=O)N[C@@H](Cc1c[nH]cn1)C(=O)N1CCC[C@H]1C(N)=O. The Bertz CT molecular complexity index is 739. The third-order valence-electron chi connectivity index (χ3n) is 4.84. The Labute approximate surface area is 160 Å². The molecule has 0 spiro atoms. The van der Waals surface area contributed by atoms with Gasteiger partial charge in [0.2, 0.25) is 23.6 Å². The standard InChI is InChI=1S/C16H22N6O4S/c1-27-12-11(21-15(12)25)14(24)20-9(5-8-6-18-7-19-8)16(26)22-4-2-3-10(22)13(17)23/h6-7,9-12H,2-5H2,1H3,(H2,17,23)(H,18,19)(H,20,24)(H,21,25)/t9-,10-,11-,12+/m0/s1. The lowest BCUT2D eigenvalue weighted by molar-refractivity contribution is -0.142. The molecule has 3 rings (SSSR count). The second-order valence-electron chi connectivity index (χ2n) is 6.56. The third-order valence-corrected chi connectivity index (χ3v) is 5.84. The van der Waals surface area contributed by atoms with Gasteiger partial charge in [0.15, 0.2) is 0 Å². The largest absolute Gasteiger partial charge is 0.368 e. The molecule has 2 saturated heterocycles. The fourth-order valence-electron chi connectivity index (χ4n) is 3.41. The fourth-order valence-corrected chi connectivity index (χ4v) is 4.16. The fraction of sp³-hybridized carbons (Fsp3) is 0.562. The number of rotatable bonds is 7. The van der Waals surface area contributed by atoms with Crippen LogP contribution in [0.2, 0.25) is 0 Å². The summed E-state index contributed by atoms with van der Waals surface area (Å²) in [5.74, 6) is -1.57. The van der Waals surface area contributed by atoms with E-state index in [1.54, 1.807) is 12.5 Å². The zero-order chi connectivity index (χ0) is 19.6. The second-order valence-corrected chi connectivity index (χ2v) is 7.54. The summed E-state index contributed by atoms with van der Waals surface area (Å²) in [6.45, 7) is 0.410. The summed E-state index contributed by atoms with van der Waals surface area (Å²) in [6, 6.07) is -2.26. The van der Waals surface area contributed by atoms with Gasteiger partial charge in [-0.3, -0.25) is 19.2 Å². The van der Waals surface area contributed by atoms with Crippen LogP contribution in [0.15, 0.2) is 12.5 Å². The van der Waals surface area contributed by atoms with Crippen molar-refractivity contribution in [2.24, 2.45) is 5.73 Å². The van der Waals surface area contributed by atoms with Crippen molar-refractivity contribution in [3.8, 4) is 0 Å². The number of aromatic nitrogens is 2. The van der Waals surface area contributed by atoms with Gasteiger partial charge in [-0.05, 0) is 19.1 Å². The Morgan fingerprint density at radius 3 is 2.85 bits per heavy atom. The van der Waals surface area contributed by atoms with Crippen LogP contribution in [0.25, 0.3) is 0 Å². The smallest absolute Gasteiger partial charge is 0.246 e. The molecule has 5 N–H and O–H groups in total. The lowest BCUT2D eigenvalue weighted by Crippen LogP contribution is -2.68. The first kappa shape index (κ1) is 19.2. The van der Waals surface area contributed by atoms with Crippen molar-refractivity contribution < 1.29 is 19.2 Å². The number of nitrogens with two attached hydrogens (primary N) is 1. The molecule has 0 aliphatic carbocycles. The molecule has 1 aromatic rings. The molecule has 2 aliphatic heterocycles. The van der Waals surface area contributed by atoms with Crippen LogP contribution in [-0.2, 0) is 25.6 Å². The van der Waals surface area contributed by atoms with Crippen molar-refractivity contribution >= 4 is 35.4 Å². The number of hydrogen-bond acceptors (Lipinski definition) is 6. The van der Waals surface area contributed by atoms with Gasteiger partial charge in [0, 0.05) is 19.2 Å². The average Bonchev–Trinajstić information content (AvgIpc) is 3.30. The molecule has 4 amide bonds. The highest BCUT2D eigenvalue weighted by atomic mass is 32.2. The van der Waals surface area contributed by atoms with Gasteiger partial charge < -0.3 is 26.3 Å². The molecular weight excluding hydrogens is 372 g/mol. The van der Waals surface area contributed by atoms with Gasteiger partial charge in [-0.1, -0.05) is 0 Å². The molecule has 2 aliphatic rings. The van der Waals surface area contributed by atoms with Gasteiger partial charge in [0.1, 0.15) is 23.4 Å². The predicted molar refractivity (Wildman–Crippen MR) is 97.4 cm³/mol. The number of carbonyl (C=O) groups excluding carboxylic acids is 4. The van der Waals surface area contributed by atoms with Gasteiger partial charge in [0.25, 0.3) is 0 Å². The lowest BCUT2D eigenvalue weighted by atomic mass is 10.0. The molecule has 0 bridgehead atoms.